The summed E-state index contributed by atoms with van der Waals surface area (Å²) in [6, 6.07) is 12.5. The van der Waals surface area contributed by atoms with Crippen LogP contribution < -0.4 is 9.50 Å². The van der Waals surface area contributed by atoms with Crippen molar-refractivity contribution in [1.82, 2.24) is 5.32 Å². The number of ether oxygens (including phenoxy) is 1. The zero-order chi connectivity index (χ0) is 23.7. The highest BCUT2D eigenvalue weighted by molar-refractivity contribution is 7.87. The highest BCUT2D eigenvalue weighted by Gasteiger charge is 2.48. The van der Waals surface area contributed by atoms with Crippen LogP contribution in [-0.4, -0.2) is 26.4 Å². The first kappa shape index (κ1) is 23.3. The lowest BCUT2D eigenvalue weighted by molar-refractivity contribution is -0.432. The SMILES string of the molecule is COC(=O)C1CC([N+](=O)[O-])=C(C)NC1(C)c1ccc(OS(=O)(=O)c2ccc(C)cc2)cc1. The third-order valence-electron chi connectivity index (χ3n) is 5.65. The first-order chi connectivity index (χ1) is 15.0. The van der Waals surface area contributed by atoms with E-state index in [9.17, 15) is 23.3 Å². The molecule has 0 bridgehead atoms. The number of nitro groups is 1. The van der Waals surface area contributed by atoms with Crippen molar-refractivity contribution in [3.05, 3.63) is 81.2 Å². The summed E-state index contributed by atoms with van der Waals surface area (Å²) in [6.07, 6.45) is -0.102. The second-order valence-electron chi connectivity index (χ2n) is 7.81. The van der Waals surface area contributed by atoms with Gasteiger partial charge >= 0.3 is 16.1 Å². The molecule has 0 spiro atoms. The number of methoxy groups -OCH3 is 1. The Morgan fingerprint density at radius 2 is 1.72 bits per heavy atom. The van der Waals surface area contributed by atoms with E-state index < -0.39 is 32.5 Å². The van der Waals surface area contributed by atoms with Gasteiger partial charge in [0.2, 0.25) is 0 Å². The number of benzene rings is 2. The molecule has 1 N–H and O–H groups in total. The topological polar surface area (TPSA) is 125 Å². The van der Waals surface area contributed by atoms with Gasteiger partial charge in [-0.25, -0.2) is 0 Å². The van der Waals surface area contributed by atoms with Crippen molar-refractivity contribution in [1.29, 1.82) is 0 Å². The molecular formula is C22H24N2O7S. The predicted octanol–water partition coefficient (Wildman–Crippen LogP) is 3.27. The average molecular weight is 461 g/mol. The van der Waals surface area contributed by atoms with Crippen LogP contribution >= 0.6 is 0 Å². The molecule has 0 aliphatic carbocycles. The molecule has 9 nitrogen and oxygen atoms in total. The maximum atomic E-state index is 12.5. The van der Waals surface area contributed by atoms with Crippen molar-refractivity contribution in [3.8, 4) is 5.75 Å². The molecule has 1 heterocycles. The average Bonchev–Trinajstić information content (AvgIpc) is 2.73. The van der Waals surface area contributed by atoms with E-state index in [-0.39, 0.29) is 22.8 Å². The molecule has 1 aliphatic rings. The van der Waals surface area contributed by atoms with Crippen molar-refractivity contribution in [2.24, 2.45) is 5.92 Å². The Balaban J connectivity index is 1.91. The fourth-order valence-electron chi connectivity index (χ4n) is 3.78. The maximum Gasteiger partial charge on any atom is 0.339 e. The van der Waals surface area contributed by atoms with Crippen molar-refractivity contribution in [3.63, 3.8) is 0 Å². The first-order valence-electron chi connectivity index (χ1n) is 9.80. The Morgan fingerprint density at radius 3 is 2.25 bits per heavy atom. The fourth-order valence-corrected chi connectivity index (χ4v) is 4.71. The van der Waals surface area contributed by atoms with Crippen LogP contribution in [0.3, 0.4) is 0 Å². The molecule has 0 saturated carbocycles. The number of allylic oxidation sites excluding steroid dienone is 2. The summed E-state index contributed by atoms with van der Waals surface area (Å²) in [5.74, 6) is -1.35. The van der Waals surface area contributed by atoms with E-state index in [2.05, 4.69) is 5.32 Å². The summed E-state index contributed by atoms with van der Waals surface area (Å²) in [6.45, 7) is 5.17. The fraction of sp³-hybridized carbons (Fsp3) is 0.318. The van der Waals surface area contributed by atoms with Gasteiger partial charge in [0.15, 0.2) is 0 Å². The van der Waals surface area contributed by atoms with Crippen LogP contribution in [0.25, 0.3) is 0 Å². The summed E-state index contributed by atoms with van der Waals surface area (Å²) in [5.41, 5.74) is 0.799. The molecule has 170 valence electrons. The van der Waals surface area contributed by atoms with Crippen LogP contribution in [0.5, 0.6) is 5.75 Å². The number of nitrogens with zero attached hydrogens (tertiary/aromatic N) is 1. The molecule has 10 heteroatoms. The standard InChI is InChI=1S/C22H24N2O7S/c1-14-5-11-18(12-6-14)32(28,29)31-17-9-7-16(8-10-17)22(3)19(21(25)30-4)13-20(24(26)27)15(2)23-22/h5-12,19,23H,13H2,1-4H3. The van der Waals surface area contributed by atoms with Gasteiger partial charge in [-0.3, -0.25) is 14.9 Å². The molecule has 3 rings (SSSR count). The summed E-state index contributed by atoms with van der Waals surface area (Å²) in [5, 5.41) is 14.4. The molecule has 1 aliphatic heterocycles. The van der Waals surface area contributed by atoms with E-state index in [0.29, 0.717) is 11.3 Å². The Morgan fingerprint density at radius 1 is 1.12 bits per heavy atom. The second kappa shape index (κ2) is 8.62. The Labute approximate surface area is 186 Å². The highest BCUT2D eigenvalue weighted by atomic mass is 32.2. The van der Waals surface area contributed by atoms with E-state index in [1.807, 2.05) is 6.92 Å². The predicted molar refractivity (Wildman–Crippen MR) is 116 cm³/mol. The summed E-state index contributed by atoms with van der Waals surface area (Å²) >= 11 is 0. The van der Waals surface area contributed by atoms with Gasteiger partial charge in [-0.05, 0) is 50.6 Å². The van der Waals surface area contributed by atoms with Crippen molar-refractivity contribution in [2.45, 2.75) is 37.6 Å². The number of aryl methyl sites for hydroxylation is 1. The monoisotopic (exact) mass is 460 g/mol. The number of hydrogen-bond acceptors (Lipinski definition) is 8. The maximum absolute atomic E-state index is 12.5. The zero-order valence-corrected chi connectivity index (χ0v) is 18.9. The van der Waals surface area contributed by atoms with Crippen LogP contribution in [0.1, 0.15) is 31.4 Å². The van der Waals surface area contributed by atoms with E-state index in [1.165, 1.54) is 31.4 Å². The summed E-state index contributed by atoms with van der Waals surface area (Å²) in [4.78, 5) is 23.3. The molecule has 0 saturated heterocycles. The van der Waals surface area contributed by atoms with Gasteiger partial charge in [0.05, 0.1) is 35.6 Å². The number of carbonyl (C=O) groups is 1. The van der Waals surface area contributed by atoms with E-state index in [4.69, 9.17) is 8.92 Å². The van der Waals surface area contributed by atoms with E-state index >= 15 is 0 Å². The molecule has 2 unspecified atom stereocenters. The molecule has 0 aromatic heterocycles. The molecule has 0 radical (unpaired) electrons. The van der Waals surface area contributed by atoms with Gasteiger partial charge in [-0.1, -0.05) is 29.8 Å². The smallest absolute Gasteiger partial charge is 0.339 e. The normalized spacial score (nSPS) is 20.9. The summed E-state index contributed by atoms with van der Waals surface area (Å²) < 4.78 is 35.2. The van der Waals surface area contributed by atoms with Crippen LogP contribution in [0.2, 0.25) is 0 Å². The molecule has 2 atom stereocenters. The van der Waals surface area contributed by atoms with Crippen LogP contribution in [0.15, 0.2) is 64.8 Å². The first-order valence-corrected chi connectivity index (χ1v) is 11.2. The molecule has 2 aromatic rings. The van der Waals surface area contributed by atoms with Crippen LogP contribution in [0, 0.1) is 23.0 Å². The van der Waals surface area contributed by atoms with Crippen LogP contribution in [-0.2, 0) is 25.2 Å². The van der Waals surface area contributed by atoms with Crippen molar-refractivity contribution < 1.29 is 27.1 Å². The number of carbonyl (C=O) groups excluding carboxylic acids is 1. The van der Waals surface area contributed by atoms with Crippen LogP contribution in [0.4, 0.5) is 0 Å². The lowest BCUT2D eigenvalue weighted by Gasteiger charge is -2.41. The zero-order valence-electron chi connectivity index (χ0n) is 18.1. The Bertz CT molecular complexity index is 1170. The van der Waals surface area contributed by atoms with E-state index in [1.54, 1.807) is 38.1 Å². The molecule has 2 aromatic carbocycles. The number of esters is 1. The number of hydrogen-bond donors (Lipinski definition) is 1. The van der Waals surface area contributed by atoms with Gasteiger partial charge in [0.25, 0.3) is 5.70 Å². The Hall–Kier alpha value is -3.40. The minimum absolute atomic E-state index is 0.0342. The highest BCUT2D eigenvalue weighted by Crippen LogP contribution is 2.40. The van der Waals surface area contributed by atoms with Crippen molar-refractivity contribution in [2.75, 3.05) is 7.11 Å². The van der Waals surface area contributed by atoms with Crippen molar-refractivity contribution >= 4 is 16.1 Å². The van der Waals surface area contributed by atoms with Gasteiger partial charge in [-0.15, -0.1) is 0 Å². The molecule has 0 amide bonds. The molecular weight excluding hydrogens is 436 g/mol. The lowest BCUT2D eigenvalue weighted by Crippen LogP contribution is -2.52. The van der Waals surface area contributed by atoms with Gasteiger partial charge in [0, 0.05) is 0 Å². The van der Waals surface area contributed by atoms with Gasteiger partial charge in [-0.2, -0.15) is 8.42 Å². The van der Waals surface area contributed by atoms with Gasteiger partial charge in [0.1, 0.15) is 10.6 Å². The molecule has 0 fully saturated rings. The second-order valence-corrected chi connectivity index (χ2v) is 9.36. The minimum Gasteiger partial charge on any atom is -0.469 e. The summed E-state index contributed by atoms with van der Waals surface area (Å²) in [7, 11) is -2.78. The number of nitrogens with one attached hydrogen (secondary N) is 1. The van der Waals surface area contributed by atoms with Gasteiger partial charge < -0.3 is 14.2 Å². The Kier molecular flexibility index (Phi) is 6.27. The quantitative estimate of drug-likeness (QED) is 0.301. The van der Waals surface area contributed by atoms with E-state index in [0.717, 1.165) is 5.56 Å². The third-order valence-corrected chi connectivity index (χ3v) is 6.91. The minimum atomic E-state index is -4.01. The third kappa shape index (κ3) is 4.45. The number of rotatable bonds is 6. The lowest BCUT2D eigenvalue weighted by atomic mass is 9.74. The largest absolute Gasteiger partial charge is 0.469 e. The molecule has 32 heavy (non-hydrogen) atoms.